The number of nitrogens with one attached hydrogen (secondary N) is 1. The van der Waals surface area contributed by atoms with Crippen molar-refractivity contribution in [1.82, 2.24) is 0 Å². The molecule has 0 saturated carbocycles. The first-order valence-electron chi connectivity index (χ1n) is 13.2. The van der Waals surface area contributed by atoms with Crippen LogP contribution in [0.1, 0.15) is 0 Å². The molecule has 0 unspecified atom stereocenters. The Morgan fingerprint density at radius 3 is 0.761 bits per heavy atom. The van der Waals surface area contributed by atoms with Gasteiger partial charge in [-0.15, -0.1) is 0 Å². The van der Waals surface area contributed by atoms with Gasteiger partial charge in [-0.05, 0) is 12.1 Å². The molecule has 46 heavy (non-hydrogen) atoms. The predicted molar refractivity (Wildman–Crippen MR) is 148 cm³/mol. The monoisotopic (exact) mass is 657 g/mol. The number of para-hydroxylation sites is 1. The Kier molecular flexibility index (Phi) is 9.90. The highest BCUT2D eigenvalue weighted by molar-refractivity contribution is 7.19. The van der Waals surface area contributed by atoms with Gasteiger partial charge in [0.1, 0.15) is 11.8 Å². The van der Waals surface area contributed by atoms with Crippen molar-refractivity contribution in [2.75, 3.05) is 14.1 Å². The molecule has 0 spiro atoms. The fourth-order valence-corrected chi connectivity index (χ4v) is 5.23. The minimum Gasteiger partial charge on any atom is -0.307 e. The summed E-state index contributed by atoms with van der Waals surface area (Å²) in [5.41, 5.74) is -2.46. The molecule has 240 valence electrons. The summed E-state index contributed by atoms with van der Waals surface area (Å²) in [6.07, 6.45) is -4.01. The van der Waals surface area contributed by atoms with Crippen LogP contribution in [0, 0.1) is 69.8 Å². The zero-order chi connectivity index (χ0) is 34.1. The molecule has 0 radical (unpaired) electrons. The lowest BCUT2D eigenvalue weighted by Gasteiger charge is -2.44. The summed E-state index contributed by atoms with van der Waals surface area (Å²) in [5.74, 6) is -24.0. The Labute approximate surface area is 254 Å². The molecule has 1 N–H and O–H groups in total. The van der Waals surface area contributed by atoms with Crippen LogP contribution in [0.3, 0.4) is 0 Å². The van der Waals surface area contributed by atoms with Gasteiger partial charge >= 0.3 is 0 Å². The van der Waals surface area contributed by atoms with Gasteiger partial charge in [-0.25, -0.2) is 52.7 Å². The highest BCUT2D eigenvalue weighted by Gasteiger charge is 2.37. The van der Waals surface area contributed by atoms with Crippen molar-refractivity contribution in [1.29, 1.82) is 0 Å². The molecule has 0 bridgehead atoms. The molecule has 5 rings (SSSR count). The van der Waals surface area contributed by atoms with Crippen molar-refractivity contribution in [3.05, 3.63) is 149 Å². The molecule has 14 heteroatoms. The van der Waals surface area contributed by atoms with E-state index in [0.717, 1.165) is 0 Å². The van der Waals surface area contributed by atoms with E-state index in [1.54, 1.807) is 0 Å². The molecule has 0 atom stereocenters. The van der Waals surface area contributed by atoms with Gasteiger partial charge in [-0.1, -0.05) is 66.7 Å². The maximum absolute atomic E-state index is 14.4. The first kappa shape index (κ1) is 34.2. The van der Waals surface area contributed by atoms with Gasteiger partial charge in [0, 0.05) is 0 Å². The zero-order valence-corrected chi connectivity index (χ0v) is 23.6. The topological polar surface area (TPSA) is 4.44 Å². The first-order chi connectivity index (χ1) is 21.6. The lowest BCUT2D eigenvalue weighted by Crippen LogP contribution is -3.00. The standard InChI is InChI=1S/C24H8BF12.C8H11N/c26-13-1-9(2-14(27)21(13)34)25(10-3-15(28)22(35)16(29)4-10,11-5-17(30)23(36)18(31)6-11)12-7-19(32)24(37)20(33)8-12;1-9(2)8-6-4-3-5-7-8/h1-8H;3-7H,1-2H3/q-1;/p+1. The van der Waals surface area contributed by atoms with E-state index in [9.17, 15) is 52.7 Å². The molecule has 0 fully saturated rings. The normalized spacial score (nSPS) is 11.5. The summed E-state index contributed by atoms with van der Waals surface area (Å²) in [5, 5.41) is 0. The Morgan fingerprint density at radius 1 is 0.370 bits per heavy atom. The highest BCUT2D eigenvalue weighted by atomic mass is 19.2. The van der Waals surface area contributed by atoms with Gasteiger partial charge in [-0.3, -0.25) is 0 Å². The smallest absolute Gasteiger partial charge is 0.194 e. The number of halogens is 12. The van der Waals surface area contributed by atoms with Gasteiger partial charge in [0.2, 0.25) is 0 Å². The van der Waals surface area contributed by atoms with Gasteiger partial charge in [0.15, 0.2) is 69.8 Å². The van der Waals surface area contributed by atoms with Crippen molar-refractivity contribution in [2.45, 2.75) is 0 Å². The van der Waals surface area contributed by atoms with E-state index in [4.69, 9.17) is 0 Å². The molecular formula is C32H20BF12N. The van der Waals surface area contributed by atoms with E-state index in [0.29, 0.717) is 0 Å². The lowest BCUT2D eigenvalue weighted by molar-refractivity contribution is -0.786. The molecule has 0 saturated heterocycles. The second-order valence-electron chi connectivity index (χ2n) is 10.4. The van der Waals surface area contributed by atoms with Crippen LogP contribution >= 0.6 is 0 Å². The van der Waals surface area contributed by atoms with Crippen LogP contribution in [0.2, 0.25) is 0 Å². The Balaban J connectivity index is 0.000000459. The van der Waals surface area contributed by atoms with E-state index in [-0.39, 0.29) is 48.5 Å². The van der Waals surface area contributed by atoms with Crippen molar-refractivity contribution >= 4 is 33.7 Å². The van der Waals surface area contributed by atoms with E-state index in [1.165, 1.54) is 10.6 Å². The fraction of sp³-hybridized carbons (Fsp3) is 0.0625. The summed E-state index contributed by atoms with van der Waals surface area (Å²) in [6.45, 7) is 0. The SMILES string of the molecule is C[NH+](C)c1ccccc1.Fc1cc([B-](c2cc(F)c(F)c(F)c2)(c2cc(F)c(F)c(F)c2)c2cc(F)c(F)c(F)c2)cc(F)c1F. The highest BCUT2D eigenvalue weighted by Crippen LogP contribution is 2.21. The molecule has 1 nitrogen and oxygen atoms in total. The van der Waals surface area contributed by atoms with Crippen LogP contribution in [0.5, 0.6) is 0 Å². The lowest BCUT2D eigenvalue weighted by atomic mass is 9.13. The molecule has 5 aromatic rings. The van der Waals surface area contributed by atoms with E-state index >= 15 is 0 Å². The number of hydrogen-bond donors (Lipinski definition) is 1. The number of quaternary nitrogens is 1. The molecule has 0 aliphatic carbocycles. The summed E-state index contributed by atoms with van der Waals surface area (Å²) in [4.78, 5) is 1.37. The molecule has 0 aliphatic heterocycles. The summed E-state index contributed by atoms with van der Waals surface area (Å²) >= 11 is 0. The van der Waals surface area contributed by atoms with Crippen LogP contribution in [0.4, 0.5) is 58.4 Å². The Bertz CT molecular complexity index is 1590. The van der Waals surface area contributed by atoms with Gasteiger partial charge < -0.3 is 4.90 Å². The fourth-order valence-electron chi connectivity index (χ4n) is 5.23. The quantitative estimate of drug-likeness (QED) is 0.151. The molecule has 0 heterocycles. The number of benzene rings is 5. The van der Waals surface area contributed by atoms with Crippen LogP contribution in [0.15, 0.2) is 78.9 Å². The third-order valence-corrected chi connectivity index (χ3v) is 7.38. The van der Waals surface area contributed by atoms with Crippen LogP contribution in [-0.4, -0.2) is 20.2 Å². The number of rotatable bonds is 5. The molecule has 0 aromatic heterocycles. The van der Waals surface area contributed by atoms with Gasteiger partial charge in [-0.2, -0.15) is 21.9 Å². The average Bonchev–Trinajstić information content (AvgIpc) is 3.01. The molecular weight excluding hydrogens is 637 g/mol. The summed E-state index contributed by atoms with van der Waals surface area (Å²) in [6, 6.07) is 11.8. The van der Waals surface area contributed by atoms with Crippen LogP contribution in [-0.2, 0) is 0 Å². The Hall–Kier alpha value is -4.72. The maximum atomic E-state index is 14.4. The van der Waals surface area contributed by atoms with Crippen molar-refractivity contribution in [3.8, 4) is 0 Å². The largest absolute Gasteiger partial charge is 0.307 e. The van der Waals surface area contributed by atoms with Crippen LogP contribution in [0.25, 0.3) is 0 Å². The summed E-state index contributed by atoms with van der Waals surface area (Å²) < 4.78 is 170. The van der Waals surface area contributed by atoms with E-state index in [1.807, 2.05) is 6.07 Å². The second-order valence-corrected chi connectivity index (χ2v) is 10.4. The van der Waals surface area contributed by atoms with Gasteiger partial charge in [0.05, 0.1) is 14.1 Å². The Morgan fingerprint density at radius 2 is 0.587 bits per heavy atom. The third-order valence-electron chi connectivity index (χ3n) is 7.38. The second kappa shape index (κ2) is 13.3. The summed E-state index contributed by atoms with van der Waals surface area (Å²) in [7, 11) is 4.24. The zero-order valence-electron chi connectivity index (χ0n) is 23.6. The van der Waals surface area contributed by atoms with Crippen molar-refractivity contribution < 1.29 is 57.6 Å². The van der Waals surface area contributed by atoms with E-state index < -0.39 is 97.8 Å². The first-order valence-corrected chi connectivity index (χ1v) is 13.2. The van der Waals surface area contributed by atoms with E-state index in [2.05, 4.69) is 38.4 Å². The third kappa shape index (κ3) is 6.34. The molecule has 5 aromatic carbocycles. The van der Waals surface area contributed by atoms with Crippen LogP contribution < -0.4 is 26.8 Å². The molecule has 0 aliphatic rings. The maximum Gasteiger partial charge on any atom is 0.194 e. The van der Waals surface area contributed by atoms with Crippen molar-refractivity contribution in [3.63, 3.8) is 0 Å². The number of hydrogen-bond acceptors (Lipinski definition) is 0. The van der Waals surface area contributed by atoms with Gasteiger partial charge in [0.25, 0.3) is 0 Å². The average molecular weight is 657 g/mol. The molecule has 0 amide bonds. The van der Waals surface area contributed by atoms with Crippen molar-refractivity contribution in [2.24, 2.45) is 0 Å². The minimum absolute atomic E-state index is 0.177. The minimum atomic E-state index is -4.01. The predicted octanol–water partition coefficient (Wildman–Crippen LogP) is 5.20.